The first kappa shape index (κ1) is 10.8. The zero-order valence-corrected chi connectivity index (χ0v) is 8.32. The van der Waals surface area contributed by atoms with Gasteiger partial charge in [-0.25, -0.2) is 13.8 Å². The summed E-state index contributed by atoms with van der Waals surface area (Å²) < 4.78 is 25.5. The van der Waals surface area contributed by atoms with Crippen LogP contribution in [0.1, 0.15) is 17.5 Å². The summed E-state index contributed by atoms with van der Waals surface area (Å²) in [6, 6.07) is 3.55. The number of imidazole rings is 1. The molecule has 0 aliphatic rings. The minimum atomic E-state index is -0.913. The standard InChI is InChI=1S/C11H10F2N2O/c12-8-2-1-7(5-9(8)13)6-10(16)11-14-3-4-15-11/h1-5,10,16H,6H2,(H,14,15). The van der Waals surface area contributed by atoms with Crippen LogP contribution in [0.4, 0.5) is 8.78 Å². The Morgan fingerprint density at radius 3 is 2.75 bits per heavy atom. The Bertz CT molecular complexity index is 471. The highest BCUT2D eigenvalue weighted by atomic mass is 19.2. The van der Waals surface area contributed by atoms with Crippen molar-refractivity contribution < 1.29 is 13.9 Å². The van der Waals surface area contributed by atoms with Gasteiger partial charge in [0.15, 0.2) is 11.6 Å². The molecule has 0 aliphatic heterocycles. The Morgan fingerprint density at radius 2 is 2.12 bits per heavy atom. The lowest BCUT2D eigenvalue weighted by molar-refractivity contribution is 0.169. The van der Waals surface area contributed by atoms with E-state index < -0.39 is 17.7 Å². The molecule has 2 rings (SSSR count). The molecule has 2 aromatic rings. The van der Waals surface area contributed by atoms with Gasteiger partial charge in [0.05, 0.1) is 0 Å². The number of benzene rings is 1. The first-order valence-corrected chi connectivity index (χ1v) is 4.78. The van der Waals surface area contributed by atoms with E-state index in [1.54, 1.807) is 6.20 Å². The van der Waals surface area contributed by atoms with Crippen molar-refractivity contribution in [1.82, 2.24) is 9.97 Å². The van der Waals surface area contributed by atoms with E-state index in [4.69, 9.17) is 0 Å². The Balaban J connectivity index is 2.12. The summed E-state index contributed by atoms with van der Waals surface area (Å²) in [5.74, 6) is -1.40. The lowest BCUT2D eigenvalue weighted by Crippen LogP contribution is -2.04. The highest BCUT2D eigenvalue weighted by Crippen LogP contribution is 2.16. The number of aromatic amines is 1. The van der Waals surface area contributed by atoms with Crippen LogP contribution in [0.5, 0.6) is 0 Å². The van der Waals surface area contributed by atoms with E-state index >= 15 is 0 Å². The lowest BCUT2D eigenvalue weighted by Gasteiger charge is -2.07. The number of nitrogens with zero attached hydrogens (tertiary/aromatic N) is 1. The van der Waals surface area contributed by atoms with E-state index in [1.807, 2.05) is 0 Å². The van der Waals surface area contributed by atoms with Gasteiger partial charge in [0.25, 0.3) is 0 Å². The van der Waals surface area contributed by atoms with E-state index in [9.17, 15) is 13.9 Å². The van der Waals surface area contributed by atoms with Crippen LogP contribution >= 0.6 is 0 Å². The predicted molar refractivity (Wildman–Crippen MR) is 53.6 cm³/mol. The third kappa shape index (κ3) is 2.25. The third-order valence-electron chi connectivity index (χ3n) is 2.25. The van der Waals surface area contributed by atoms with Gasteiger partial charge in [-0.3, -0.25) is 0 Å². The number of aromatic nitrogens is 2. The highest BCUT2D eigenvalue weighted by molar-refractivity contribution is 5.19. The quantitative estimate of drug-likeness (QED) is 0.837. The molecule has 1 unspecified atom stereocenters. The fraction of sp³-hybridized carbons (Fsp3) is 0.182. The second-order valence-electron chi connectivity index (χ2n) is 3.44. The van der Waals surface area contributed by atoms with E-state index in [2.05, 4.69) is 9.97 Å². The lowest BCUT2D eigenvalue weighted by atomic mass is 10.1. The number of aliphatic hydroxyl groups excluding tert-OH is 1. The molecule has 0 fully saturated rings. The Kier molecular flexibility index (Phi) is 2.96. The molecule has 84 valence electrons. The molecule has 0 bridgehead atoms. The first-order chi connectivity index (χ1) is 7.66. The summed E-state index contributed by atoms with van der Waals surface area (Å²) in [5.41, 5.74) is 0.516. The fourth-order valence-electron chi connectivity index (χ4n) is 1.45. The van der Waals surface area contributed by atoms with Gasteiger partial charge in [-0.15, -0.1) is 0 Å². The van der Waals surface area contributed by atoms with Crippen LogP contribution in [0.25, 0.3) is 0 Å². The van der Waals surface area contributed by atoms with Crippen LogP contribution in [0.15, 0.2) is 30.6 Å². The SMILES string of the molecule is OC(Cc1ccc(F)c(F)c1)c1ncc[nH]1. The summed E-state index contributed by atoms with van der Waals surface area (Å²) in [6.07, 6.45) is 2.44. The summed E-state index contributed by atoms with van der Waals surface area (Å²) in [6.45, 7) is 0. The van der Waals surface area contributed by atoms with E-state index in [-0.39, 0.29) is 6.42 Å². The normalized spacial score (nSPS) is 12.7. The molecule has 16 heavy (non-hydrogen) atoms. The molecule has 3 nitrogen and oxygen atoms in total. The molecule has 0 spiro atoms. The summed E-state index contributed by atoms with van der Waals surface area (Å²) in [4.78, 5) is 6.63. The average Bonchev–Trinajstić information content (AvgIpc) is 2.77. The van der Waals surface area contributed by atoms with Gasteiger partial charge in [0.1, 0.15) is 11.9 Å². The first-order valence-electron chi connectivity index (χ1n) is 4.78. The number of hydrogen-bond donors (Lipinski definition) is 2. The van der Waals surface area contributed by atoms with Gasteiger partial charge >= 0.3 is 0 Å². The summed E-state index contributed by atoms with van der Waals surface area (Å²) in [7, 11) is 0. The predicted octanol–water partition coefficient (Wildman–Crippen LogP) is 1.96. The molecule has 1 aromatic carbocycles. The Labute approximate surface area is 90.8 Å². The minimum absolute atomic E-state index is 0.185. The monoisotopic (exact) mass is 224 g/mol. The van der Waals surface area contributed by atoms with Gasteiger partial charge in [0.2, 0.25) is 0 Å². The van der Waals surface area contributed by atoms with Crippen LogP contribution in [-0.2, 0) is 6.42 Å². The van der Waals surface area contributed by atoms with Crippen molar-refractivity contribution in [3.8, 4) is 0 Å². The molecule has 0 saturated heterocycles. The highest BCUT2D eigenvalue weighted by Gasteiger charge is 2.12. The number of hydrogen-bond acceptors (Lipinski definition) is 2. The summed E-state index contributed by atoms with van der Waals surface area (Å²) >= 11 is 0. The van der Waals surface area contributed by atoms with E-state index in [0.717, 1.165) is 12.1 Å². The van der Waals surface area contributed by atoms with Crippen molar-refractivity contribution >= 4 is 0 Å². The number of nitrogens with one attached hydrogen (secondary N) is 1. The van der Waals surface area contributed by atoms with Crippen molar-refractivity contribution in [1.29, 1.82) is 0 Å². The van der Waals surface area contributed by atoms with E-state index in [1.165, 1.54) is 12.3 Å². The van der Waals surface area contributed by atoms with Gasteiger partial charge < -0.3 is 10.1 Å². The largest absolute Gasteiger partial charge is 0.385 e. The topological polar surface area (TPSA) is 48.9 Å². The van der Waals surface area contributed by atoms with Gasteiger partial charge in [-0.1, -0.05) is 6.07 Å². The molecule has 0 saturated carbocycles. The summed E-state index contributed by atoms with van der Waals surface area (Å²) in [5, 5.41) is 9.71. The number of rotatable bonds is 3. The maximum Gasteiger partial charge on any atom is 0.159 e. The maximum absolute atomic E-state index is 12.9. The molecule has 0 aliphatic carbocycles. The molecule has 1 atom stereocenters. The zero-order chi connectivity index (χ0) is 11.5. The van der Waals surface area contributed by atoms with Crippen LogP contribution in [0.2, 0.25) is 0 Å². The van der Waals surface area contributed by atoms with Crippen molar-refractivity contribution in [3.05, 3.63) is 53.6 Å². The molecule has 5 heteroatoms. The molecular formula is C11H10F2N2O. The Morgan fingerprint density at radius 1 is 1.31 bits per heavy atom. The maximum atomic E-state index is 12.9. The number of halogens is 2. The van der Waals surface area contributed by atoms with Gasteiger partial charge in [0, 0.05) is 18.8 Å². The number of H-pyrrole nitrogens is 1. The van der Waals surface area contributed by atoms with Crippen molar-refractivity contribution in [2.75, 3.05) is 0 Å². The van der Waals surface area contributed by atoms with Crippen molar-refractivity contribution in [2.45, 2.75) is 12.5 Å². The second-order valence-corrected chi connectivity index (χ2v) is 3.44. The van der Waals surface area contributed by atoms with Crippen molar-refractivity contribution in [2.24, 2.45) is 0 Å². The van der Waals surface area contributed by atoms with Crippen LogP contribution in [-0.4, -0.2) is 15.1 Å². The average molecular weight is 224 g/mol. The molecule has 0 amide bonds. The molecule has 1 aromatic heterocycles. The number of aliphatic hydroxyl groups is 1. The van der Waals surface area contributed by atoms with Gasteiger partial charge in [-0.2, -0.15) is 0 Å². The van der Waals surface area contributed by atoms with Crippen LogP contribution in [0, 0.1) is 11.6 Å². The van der Waals surface area contributed by atoms with Crippen molar-refractivity contribution in [3.63, 3.8) is 0 Å². The smallest absolute Gasteiger partial charge is 0.159 e. The Hall–Kier alpha value is -1.75. The zero-order valence-electron chi connectivity index (χ0n) is 8.32. The minimum Gasteiger partial charge on any atom is -0.385 e. The van der Waals surface area contributed by atoms with E-state index in [0.29, 0.717) is 11.4 Å². The molecule has 1 heterocycles. The third-order valence-corrected chi connectivity index (χ3v) is 2.25. The molecular weight excluding hydrogens is 214 g/mol. The van der Waals surface area contributed by atoms with Crippen LogP contribution in [0.3, 0.4) is 0 Å². The fourth-order valence-corrected chi connectivity index (χ4v) is 1.45. The van der Waals surface area contributed by atoms with Crippen LogP contribution < -0.4 is 0 Å². The van der Waals surface area contributed by atoms with Gasteiger partial charge in [-0.05, 0) is 17.7 Å². The second kappa shape index (κ2) is 4.40. The molecule has 0 radical (unpaired) electrons. The molecule has 2 N–H and O–H groups in total.